The molecule has 2 saturated heterocycles. The van der Waals surface area contributed by atoms with E-state index in [1.54, 1.807) is 0 Å². The van der Waals surface area contributed by atoms with Crippen molar-refractivity contribution < 1.29 is 9.53 Å². The van der Waals surface area contributed by atoms with Crippen LogP contribution in [-0.4, -0.2) is 64.7 Å². The molecule has 7 heteroatoms. The summed E-state index contributed by atoms with van der Waals surface area (Å²) in [5.41, 5.74) is 0.458. The second-order valence-corrected chi connectivity index (χ2v) is 6.92. The smallest absolute Gasteiger partial charge is 0.276 e. The van der Waals surface area contributed by atoms with E-state index in [4.69, 9.17) is 4.74 Å². The zero-order valence-corrected chi connectivity index (χ0v) is 14.1. The molecule has 1 aromatic heterocycles. The molecule has 0 radical (unpaired) electrons. The molecule has 2 aliphatic heterocycles. The van der Waals surface area contributed by atoms with Crippen LogP contribution in [0.4, 0.5) is 0 Å². The fraction of sp³-hybridized carbons (Fsp3) is 0.812. The molecule has 1 amide bonds. The Hall–Kier alpha value is -1.47. The fourth-order valence-corrected chi connectivity index (χ4v) is 3.43. The Kier molecular flexibility index (Phi) is 5.27. The number of piperidine rings is 1. The van der Waals surface area contributed by atoms with Crippen LogP contribution in [0, 0.1) is 5.92 Å². The van der Waals surface area contributed by atoms with Gasteiger partial charge in [-0.05, 0) is 38.3 Å². The summed E-state index contributed by atoms with van der Waals surface area (Å²) in [6.07, 6.45) is 4.84. The maximum Gasteiger partial charge on any atom is 0.276 e. The molecule has 23 heavy (non-hydrogen) atoms. The van der Waals surface area contributed by atoms with Crippen molar-refractivity contribution in [2.45, 2.75) is 45.2 Å². The van der Waals surface area contributed by atoms with Gasteiger partial charge in [-0.15, -0.1) is 5.10 Å². The summed E-state index contributed by atoms with van der Waals surface area (Å²) in [5.74, 6) is 0.515. The Labute approximate surface area is 137 Å². The Morgan fingerprint density at radius 2 is 2.22 bits per heavy atom. The van der Waals surface area contributed by atoms with Crippen molar-refractivity contribution >= 4 is 5.91 Å². The lowest BCUT2D eigenvalue weighted by Crippen LogP contribution is -2.49. The molecule has 3 rings (SSSR count). The van der Waals surface area contributed by atoms with Crippen LogP contribution in [-0.2, 0) is 4.74 Å². The molecule has 0 spiro atoms. The van der Waals surface area contributed by atoms with E-state index < -0.39 is 0 Å². The predicted molar refractivity (Wildman–Crippen MR) is 86.3 cm³/mol. The van der Waals surface area contributed by atoms with E-state index in [-0.39, 0.29) is 11.9 Å². The van der Waals surface area contributed by atoms with E-state index >= 15 is 0 Å². The van der Waals surface area contributed by atoms with Crippen LogP contribution in [0.5, 0.6) is 0 Å². The summed E-state index contributed by atoms with van der Waals surface area (Å²) >= 11 is 0. The molecule has 7 nitrogen and oxygen atoms in total. The fourth-order valence-electron chi connectivity index (χ4n) is 3.43. The van der Waals surface area contributed by atoms with E-state index in [1.807, 2.05) is 15.8 Å². The lowest BCUT2D eigenvalue weighted by atomic mass is 10.0. The summed E-state index contributed by atoms with van der Waals surface area (Å²) in [7, 11) is 0. The molecule has 2 aliphatic rings. The number of nitrogens with one attached hydrogen (secondary N) is 1. The van der Waals surface area contributed by atoms with Crippen LogP contribution < -0.4 is 5.32 Å². The molecule has 1 N–H and O–H groups in total. The standard InChI is InChI=1S/C16H27N5O2/c1-12(2)9-14-11-23-8-7-20(14)16(22)15-10-21(19-18-15)13-3-5-17-6-4-13/h10,12-14,17H,3-9,11H2,1-2H3/t14-/m1/s1. The third-order valence-corrected chi connectivity index (χ3v) is 4.64. The first-order valence-electron chi connectivity index (χ1n) is 8.66. The SMILES string of the molecule is CC(C)C[C@@H]1COCCN1C(=O)c1cn(C2CCNCC2)nn1. The van der Waals surface area contributed by atoms with Gasteiger partial charge in [-0.25, -0.2) is 4.68 Å². The van der Waals surface area contributed by atoms with Gasteiger partial charge in [0.15, 0.2) is 5.69 Å². The van der Waals surface area contributed by atoms with Gasteiger partial charge in [0.2, 0.25) is 0 Å². The molecule has 0 aliphatic carbocycles. The van der Waals surface area contributed by atoms with Crippen molar-refractivity contribution in [2.24, 2.45) is 5.92 Å². The lowest BCUT2D eigenvalue weighted by molar-refractivity contribution is -0.00776. The third kappa shape index (κ3) is 3.90. The number of nitrogens with zero attached hydrogens (tertiary/aromatic N) is 4. The van der Waals surface area contributed by atoms with Gasteiger partial charge < -0.3 is 15.0 Å². The van der Waals surface area contributed by atoms with E-state index in [0.717, 1.165) is 32.4 Å². The van der Waals surface area contributed by atoms with Gasteiger partial charge >= 0.3 is 0 Å². The van der Waals surface area contributed by atoms with Gasteiger partial charge in [-0.3, -0.25) is 4.79 Å². The third-order valence-electron chi connectivity index (χ3n) is 4.64. The van der Waals surface area contributed by atoms with Gasteiger partial charge in [-0.1, -0.05) is 19.1 Å². The Bertz CT molecular complexity index is 524. The maximum atomic E-state index is 12.8. The van der Waals surface area contributed by atoms with E-state index in [9.17, 15) is 4.79 Å². The zero-order valence-electron chi connectivity index (χ0n) is 14.1. The maximum absolute atomic E-state index is 12.8. The molecule has 0 aromatic carbocycles. The molecule has 0 unspecified atom stereocenters. The average molecular weight is 321 g/mol. The quantitative estimate of drug-likeness (QED) is 0.899. The normalized spacial score (nSPS) is 23.4. The van der Waals surface area contributed by atoms with Gasteiger partial charge in [0.25, 0.3) is 5.91 Å². The molecule has 2 fully saturated rings. The highest BCUT2D eigenvalue weighted by molar-refractivity contribution is 5.92. The molecule has 3 heterocycles. The van der Waals surface area contributed by atoms with Crippen molar-refractivity contribution in [3.05, 3.63) is 11.9 Å². The number of hydrogen-bond donors (Lipinski definition) is 1. The van der Waals surface area contributed by atoms with Crippen molar-refractivity contribution in [1.82, 2.24) is 25.2 Å². The summed E-state index contributed by atoms with van der Waals surface area (Å²) in [6.45, 7) is 8.18. The highest BCUT2D eigenvalue weighted by atomic mass is 16.5. The Balaban J connectivity index is 1.69. The van der Waals surface area contributed by atoms with Crippen molar-refractivity contribution in [2.75, 3.05) is 32.8 Å². The van der Waals surface area contributed by atoms with Crippen LogP contribution in [0.2, 0.25) is 0 Å². The molecule has 1 atom stereocenters. The van der Waals surface area contributed by atoms with Crippen molar-refractivity contribution in [3.8, 4) is 0 Å². The second kappa shape index (κ2) is 7.40. The van der Waals surface area contributed by atoms with Gasteiger partial charge in [0, 0.05) is 6.54 Å². The highest BCUT2D eigenvalue weighted by Crippen LogP contribution is 2.20. The lowest BCUT2D eigenvalue weighted by Gasteiger charge is -2.36. The molecule has 1 aromatic rings. The second-order valence-electron chi connectivity index (χ2n) is 6.92. The number of rotatable bonds is 4. The average Bonchev–Trinajstić information content (AvgIpc) is 3.05. The topological polar surface area (TPSA) is 72.3 Å². The van der Waals surface area contributed by atoms with E-state index in [0.29, 0.717) is 37.4 Å². The molecule has 0 bridgehead atoms. The number of morpholine rings is 1. The highest BCUT2D eigenvalue weighted by Gasteiger charge is 2.30. The van der Waals surface area contributed by atoms with Crippen molar-refractivity contribution in [3.63, 3.8) is 0 Å². The molecule has 0 saturated carbocycles. The predicted octanol–water partition coefficient (Wildman–Crippen LogP) is 1.09. The van der Waals surface area contributed by atoms with E-state index in [1.165, 1.54) is 0 Å². The first-order valence-corrected chi connectivity index (χ1v) is 8.66. The van der Waals surface area contributed by atoms with Gasteiger partial charge in [0.05, 0.1) is 31.5 Å². The van der Waals surface area contributed by atoms with Gasteiger partial charge in [0.1, 0.15) is 0 Å². The van der Waals surface area contributed by atoms with Crippen LogP contribution in [0.1, 0.15) is 49.6 Å². The zero-order chi connectivity index (χ0) is 16.2. The van der Waals surface area contributed by atoms with Crippen LogP contribution in [0.25, 0.3) is 0 Å². The van der Waals surface area contributed by atoms with Crippen molar-refractivity contribution in [1.29, 1.82) is 0 Å². The largest absolute Gasteiger partial charge is 0.377 e. The minimum Gasteiger partial charge on any atom is -0.377 e. The number of ether oxygens (including phenoxy) is 1. The monoisotopic (exact) mass is 321 g/mol. The number of hydrogen-bond acceptors (Lipinski definition) is 5. The van der Waals surface area contributed by atoms with Gasteiger partial charge in [-0.2, -0.15) is 0 Å². The molecular formula is C16H27N5O2. The summed E-state index contributed by atoms with van der Waals surface area (Å²) in [5, 5.41) is 11.7. The number of amides is 1. The summed E-state index contributed by atoms with van der Waals surface area (Å²) < 4.78 is 7.42. The molecular weight excluding hydrogens is 294 g/mol. The number of carbonyl (C=O) groups is 1. The van der Waals surface area contributed by atoms with E-state index in [2.05, 4.69) is 29.5 Å². The Morgan fingerprint density at radius 3 is 2.96 bits per heavy atom. The first-order chi connectivity index (χ1) is 11.1. The minimum atomic E-state index is -0.0147. The molecule has 128 valence electrons. The number of aromatic nitrogens is 3. The van der Waals surface area contributed by atoms with Crippen LogP contribution in [0.3, 0.4) is 0 Å². The minimum absolute atomic E-state index is 0.0147. The van der Waals surface area contributed by atoms with Crippen LogP contribution in [0.15, 0.2) is 6.20 Å². The summed E-state index contributed by atoms with van der Waals surface area (Å²) in [6, 6.07) is 0.488. The first kappa shape index (κ1) is 16.4. The van der Waals surface area contributed by atoms with Crippen LogP contribution >= 0.6 is 0 Å². The Morgan fingerprint density at radius 1 is 1.43 bits per heavy atom. The number of carbonyl (C=O) groups excluding carboxylic acids is 1. The summed E-state index contributed by atoms with van der Waals surface area (Å²) in [4.78, 5) is 14.7.